The fraction of sp³-hybridized carbons (Fsp3) is 0.250. The van der Waals surface area contributed by atoms with E-state index in [2.05, 4.69) is 10.3 Å². The maximum Gasteiger partial charge on any atom is 0.244 e. The zero-order valence-electron chi connectivity index (χ0n) is 14.4. The summed E-state index contributed by atoms with van der Waals surface area (Å²) in [5.41, 5.74) is 4.33. The van der Waals surface area contributed by atoms with Crippen molar-refractivity contribution in [1.29, 1.82) is 0 Å². The lowest BCUT2D eigenvalue weighted by atomic mass is 10.0. The number of benzene rings is 2. The van der Waals surface area contributed by atoms with E-state index in [1.807, 2.05) is 47.4 Å². The number of hydrogen-bond acceptors (Lipinski definition) is 2. The summed E-state index contributed by atoms with van der Waals surface area (Å²) in [6, 6.07) is 12.9. The van der Waals surface area contributed by atoms with Gasteiger partial charge in [0.15, 0.2) is 0 Å². The Bertz CT molecular complexity index is 965. The molecule has 2 N–H and O–H groups in total. The monoisotopic (exact) mass is 387 g/mol. The first-order valence-electron chi connectivity index (χ1n) is 8.57. The van der Waals surface area contributed by atoms with Crippen LogP contribution in [0.3, 0.4) is 0 Å². The first-order chi connectivity index (χ1) is 12.6. The molecule has 1 aromatic heterocycles. The molecule has 4 nitrogen and oxygen atoms in total. The quantitative estimate of drug-likeness (QED) is 0.702. The Hall–Kier alpha value is -2.01. The molecule has 2 heterocycles. The third-order valence-electron chi connectivity index (χ3n) is 4.99. The fourth-order valence-electron chi connectivity index (χ4n) is 3.67. The Kier molecular flexibility index (Phi) is 4.65. The summed E-state index contributed by atoms with van der Waals surface area (Å²) < 4.78 is 0. The van der Waals surface area contributed by atoms with E-state index in [1.54, 1.807) is 7.05 Å². The molecule has 1 atom stereocenters. The molecule has 0 spiro atoms. The number of aromatic amines is 1. The van der Waals surface area contributed by atoms with Crippen LogP contribution < -0.4 is 5.32 Å². The Labute approximate surface area is 162 Å². The van der Waals surface area contributed by atoms with Gasteiger partial charge in [-0.15, -0.1) is 0 Å². The van der Waals surface area contributed by atoms with E-state index in [4.69, 9.17) is 23.2 Å². The highest BCUT2D eigenvalue weighted by atomic mass is 35.5. The van der Waals surface area contributed by atoms with Gasteiger partial charge in [-0.3, -0.25) is 4.79 Å². The zero-order valence-corrected chi connectivity index (χ0v) is 15.9. The van der Waals surface area contributed by atoms with E-state index in [9.17, 15) is 4.79 Å². The molecular weight excluding hydrogens is 369 g/mol. The molecule has 0 bridgehead atoms. The molecule has 1 aliphatic rings. The summed E-state index contributed by atoms with van der Waals surface area (Å²) in [5, 5.41) is 5.68. The van der Waals surface area contributed by atoms with Gasteiger partial charge in [-0.1, -0.05) is 35.3 Å². The lowest BCUT2D eigenvalue weighted by Gasteiger charge is -2.30. The van der Waals surface area contributed by atoms with Crippen molar-refractivity contribution >= 4 is 40.0 Å². The predicted molar refractivity (Wildman–Crippen MR) is 106 cm³/mol. The summed E-state index contributed by atoms with van der Waals surface area (Å²) in [6.07, 6.45) is 0.818. The predicted octanol–water partition coefficient (Wildman–Crippen LogP) is 4.32. The molecule has 0 fully saturated rings. The Morgan fingerprint density at radius 3 is 2.62 bits per heavy atom. The van der Waals surface area contributed by atoms with Crippen LogP contribution in [-0.4, -0.2) is 29.4 Å². The van der Waals surface area contributed by atoms with Crippen LogP contribution in [-0.2, 0) is 17.8 Å². The Balaban J connectivity index is 1.60. The molecule has 26 heavy (non-hydrogen) atoms. The van der Waals surface area contributed by atoms with Crippen LogP contribution >= 0.6 is 23.2 Å². The molecule has 2 aromatic carbocycles. The lowest BCUT2D eigenvalue weighted by molar-refractivity contribution is -0.134. The van der Waals surface area contributed by atoms with Gasteiger partial charge in [0.2, 0.25) is 5.91 Å². The topological polar surface area (TPSA) is 48.1 Å². The van der Waals surface area contributed by atoms with Crippen molar-refractivity contribution in [2.45, 2.75) is 19.0 Å². The van der Waals surface area contributed by atoms with Crippen molar-refractivity contribution in [2.24, 2.45) is 0 Å². The summed E-state index contributed by atoms with van der Waals surface area (Å²) in [6.45, 7) is 1.27. The minimum Gasteiger partial charge on any atom is -0.357 e. The Morgan fingerprint density at radius 1 is 1.15 bits per heavy atom. The number of rotatable bonds is 3. The molecular formula is C20H19Cl2N3O. The van der Waals surface area contributed by atoms with Crippen LogP contribution in [0.5, 0.6) is 0 Å². The average molecular weight is 388 g/mol. The normalized spacial score (nSPS) is 15.1. The van der Waals surface area contributed by atoms with Crippen molar-refractivity contribution in [2.75, 3.05) is 13.6 Å². The van der Waals surface area contributed by atoms with Gasteiger partial charge >= 0.3 is 0 Å². The molecule has 0 saturated heterocycles. The molecule has 134 valence electrons. The summed E-state index contributed by atoms with van der Waals surface area (Å²) >= 11 is 12.1. The lowest BCUT2D eigenvalue weighted by Crippen LogP contribution is -2.42. The van der Waals surface area contributed by atoms with Crippen molar-refractivity contribution in [3.8, 4) is 0 Å². The molecule has 1 aliphatic heterocycles. The first-order valence-corrected chi connectivity index (χ1v) is 9.33. The number of hydrogen-bond donors (Lipinski definition) is 2. The first kappa shape index (κ1) is 17.4. The van der Waals surface area contributed by atoms with Crippen molar-refractivity contribution < 1.29 is 4.79 Å². The van der Waals surface area contributed by atoms with Crippen LogP contribution in [0.4, 0.5) is 0 Å². The van der Waals surface area contributed by atoms with E-state index in [-0.39, 0.29) is 11.9 Å². The van der Waals surface area contributed by atoms with Crippen molar-refractivity contribution in [1.82, 2.24) is 15.2 Å². The average Bonchev–Trinajstić information content (AvgIpc) is 3.00. The minimum absolute atomic E-state index is 0.0668. The molecule has 4 rings (SSSR count). The third-order valence-corrected chi connectivity index (χ3v) is 5.47. The van der Waals surface area contributed by atoms with Crippen LogP contribution in [0.2, 0.25) is 10.0 Å². The number of nitrogens with zero attached hydrogens (tertiary/aromatic N) is 1. The van der Waals surface area contributed by atoms with Gasteiger partial charge < -0.3 is 15.2 Å². The molecule has 0 radical (unpaired) electrons. The standard InChI is InChI=1S/C20H19Cl2N3O/c1-23-19(12-2-4-13(21)5-3-12)20(26)25-9-8-15-16-10-14(22)6-7-17(16)24-18(15)11-25/h2-7,10,19,23-24H,8-9,11H2,1H3. The summed E-state index contributed by atoms with van der Waals surface area (Å²) in [7, 11) is 1.80. The number of halogens is 2. The second kappa shape index (κ2) is 6.95. The SMILES string of the molecule is CNC(C(=O)N1CCc2c([nH]c3ccc(Cl)cc23)C1)c1ccc(Cl)cc1. The molecule has 0 saturated carbocycles. The largest absolute Gasteiger partial charge is 0.357 e. The second-order valence-corrected chi connectivity index (χ2v) is 7.43. The number of amides is 1. The Morgan fingerprint density at radius 2 is 1.88 bits per heavy atom. The highest BCUT2D eigenvalue weighted by molar-refractivity contribution is 6.31. The zero-order chi connectivity index (χ0) is 18.3. The van der Waals surface area contributed by atoms with E-state index in [0.29, 0.717) is 18.1 Å². The molecule has 1 amide bonds. The van der Waals surface area contributed by atoms with Gasteiger partial charge in [-0.2, -0.15) is 0 Å². The maximum atomic E-state index is 13.1. The smallest absolute Gasteiger partial charge is 0.244 e. The molecule has 3 aromatic rings. The number of carbonyl (C=O) groups is 1. The van der Waals surface area contributed by atoms with Gasteiger partial charge in [0.25, 0.3) is 0 Å². The highest BCUT2D eigenvalue weighted by Gasteiger charge is 2.29. The third kappa shape index (κ3) is 3.09. The summed E-state index contributed by atoms with van der Waals surface area (Å²) in [4.78, 5) is 18.4. The number of nitrogens with one attached hydrogen (secondary N) is 2. The van der Waals surface area contributed by atoms with Crippen LogP contribution in [0, 0.1) is 0 Å². The van der Waals surface area contributed by atoms with Gasteiger partial charge in [-0.05, 0) is 54.9 Å². The van der Waals surface area contributed by atoms with Crippen LogP contribution in [0.25, 0.3) is 10.9 Å². The number of likely N-dealkylation sites (N-methyl/N-ethyl adjacent to an activating group) is 1. The molecule has 0 aliphatic carbocycles. The van der Waals surface area contributed by atoms with Crippen LogP contribution in [0.1, 0.15) is 22.9 Å². The van der Waals surface area contributed by atoms with Gasteiger partial charge in [0, 0.05) is 33.2 Å². The van der Waals surface area contributed by atoms with E-state index >= 15 is 0 Å². The van der Waals surface area contributed by atoms with E-state index in [0.717, 1.165) is 33.6 Å². The minimum atomic E-state index is -0.382. The van der Waals surface area contributed by atoms with Gasteiger partial charge in [0.1, 0.15) is 6.04 Å². The highest BCUT2D eigenvalue weighted by Crippen LogP contribution is 2.30. The van der Waals surface area contributed by atoms with Crippen LogP contribution in [0.15, 0.2) is 42.5 Å². The fourth-order valence-corrected chi connectivity index (χ4v) is 3.97. The van der Waals surface area contributed by atoms with Gasteiger partial charge in [-0.25, -0.2) is 0 Å². The van der Waals surface area contributed by atoms with Crippen molar-refractivity contribution in [3.63, 3.8) is 0 Å². The van der Waals surface area contributed by atoms with E-state index in [1.165, 1.54) is 5.56 Å². The molecule has 1 unspecified atom stereocenters. The molecule has 6 heteroatoms. The number of H-pyrrole nitrogens is 1. The van der Waals surface area contributed by atoms with Crippen molar-refractivity contribution in [3.05, 3.63) is 69.3 Å². The van der Waals surface area contributed by atoms with Gasteiger partial charge in [0.05, 0.1) is 6.54 Å². The second-order valence-electron chi connectivity index (χ2n) is 6.56. The number of fused-ring (bicyclic) bond motifs is 3. The van der Waals surface area contributed by atoms with E-state index < -0.39 is 0 Å². The number of carbonyl (C=O) groups excluding carboxylic acids is 1. The number of aromatic nitrogens is 1. The summed E-state index contributed by atoms with van der Waals surface area (Å²) in [5.74, 6) is 0.0668. The maximum absolute atomic E-state index is 13.1.